The minimum absolute atomic E-state index is 0.415. The van der Waals surface area contributed by atoms with Crippen LogP contribution in [0.2, 0.25) is 0 Å². The summed E-state index contributed by atoms with van der Waals surface area (Å²) in [4.78, 5) is 8.39. The van der Waals surface area contributed by atoms with Crippen molar-refractivity contribution in [1.29, 1.82) is 0 Å². The summed E-state index contributed by atoms with van der Waals surface area (Å²) in [6, 6.07) is 3.79. The van der Waals surface area contributed by atoms with Gasteiger partial charge in [-0.2, -0.15) is 5.10 Å². The number of aryl methyl sites for hydroxylation is 1. The molecule has 2 aromatic rings. The molecule has 0 atom stereocenters. The zero-order chi connectivity index (χ0) is 11.4. The van der Waals surface area contributed by atoms with Crippen LogP contribution in [-0.4, -0.2) is 19.7 Å². The number of rotatable bonds is 4. The van der Waals surface area contributed by atoms with Crippen LogP contribution in [0.3, 0.4) is 0 Å². The molecule has 0 saturated heterocycles. The SMILES string of the molecule is CCCn1nc(-c2ccncc2)nc1CN. The summed E-state index contributed by atoms with van der Waals surface area (Å²) in [5.74, 6) is 1.55. The Hall–Kier alpha value is -1.75. The molecule has 5 heteroatoms. The number of pyridine rings is 1. The van der Waals surface area contributed by atoms with Gasteiger partial charge in [-0.1, -0.05) is 6.92 Å². The summed E-state index contributed by atoms with van der Waals surface area (Å²) in [5, 5.41) is 4.44. The summed E-state index contributed by atoms with van der Waals surface area (Å²) >= 11 is 0. The van der Waals surface area contributed by atoms with Crippen molar-refractivity contribution in [1.82, 2.24) is 19.7 Å². The van der Waals surface area contributed by atoms with Gasteiger partial charge in [0.25, 0.3) is 0 Å². The molecule has 0 aliphatic rings. The van der Waals surface area contributed by atoms with Crippen LogP contribution < -0.4 is 5.73 Å². The van der Waals surface area contributed by atoms with E-state index in [9.17, 15) is 0 Å². The molecule has 16 heavy (non-hydrogen) atoms. The summed E-state index contributed by atoms with van der Waals surface area (Å²) in [5.41, 5.74) is 6.61. The second-order valence-electron chi connectivity index (χ2n) is 3.51. The predicted octanol–water partition coefficient (Wildman–Crippen LogP) is 1.21. The van der Waals surface area contributed by atoms with E-state index in [0.29, 0.717) is 6.54 Å². The van der Waals surface area contributed by atoms with Crippen LogP contribution >= 0.6 is 0 Å². The van der Waals surface area contributed by atoms with E-state index >= 15 is 0 Å². The molecule has 2 rings (SSSR count). The lowest BCUT2D eigenvalue weighted by molar-refractivity contribution is 0.571. The highest BCUT2D eigenvalue weighted by Gasteiger charge is 2.09. The number of nitrogens with two attached hydrogens (primary N) is 1. The van der Waals surface area contributed by atoms with Gasteiger partial charge in [0, 0.05) is 24.5 Å². The molecule has 0 aromatic carbocycles. The average molecular weight is 217 g/mol. The molecule has 2 heterocycles. The molecule has 0 unspecified atom stereocenters. The normalized spacial score (nSPS) is 10.6. The molecule has 5 nitrogen and oxygen atoms in total. The highest BCUT2D eigenvalue weighted by Crippen LogP contribution is 2.14. The van der Waals surface area contributed by atoms with Crippen LogP contribution in [-0.2, 0) is 13.1 Å². The van der Waals surface area contributed by atoms with Crippen LogP contribution in [0.1, 0.15) is 19.2 Å². The van der Waals surface area contributed by atoms with Crippen LogP contribution in [0.15, 0.2) is 24.5 Å². The lowest BCUT2D eigenvalue weighted by atomic mass is 10.2. The molecule has 0 saturated carbocycles. The van der Waals surface area contributed by atoms with Gasteiger partial charge in [-0.05, 0) is 18.6 Å². The van der Waals surface area contributed by atoms with Gasteiger partial charge < -0.3 is 5.73 Å². The van der Waals surface area contributed by atoms with Crippen molar-refractivity contribution in [3.8, 4) is 11.4 Å². The van der Waals surface area contributed by atoms with Crippen molar-refractivity contribution < 1.29 is 0 Å². The summed E-state index contributed by atoms with van der Waals surface area (Å²) < 4.78 is 1.87. The fraction of sp³-hybridized carbons (Fsp3) is 0.364. The molecule has 0 spiro atoms. The fourth-order valence-electron chi connectivity index (χ4n) is 1.54. The summed E-state index contributed by atoms with van der Waals surface area (Å²) in [7, 11) is 0. The van der Waals surface area contributed by atoms with E-state index in [1.807, 2.05) is 16.8 Å². The van der Waals surface area contributed by atoms with Gasteiger partial charge >= 0.3 is 0 Å². The van der Waals surface area contributed by atoms with Gasteiger partial charge in [-0.3, -0.25) is 4.98 Å². The van der Waals surface area contributed by atoms with Gasteiger partial charge in [0.05, 0.1) is 6.54 Å². The first-order chi connectivity index (χ1) is 7.85. The fourth-order valence-corrected chi connectivity index (χ4v) is 1.54. The highest BCUT2D eigenvalue weighted by atomic mass is 15.3. The van der Waals surface area contributed by atoms with E-state index in [2.05, 4.69) is 22.0 Å². The van der Waals surface area contributed by atoms with E-state index in [1.54, 1.807) is 12.4 Å². The quantitative estimate of drug-likeness (QED) is 0.835. The van der Waals surface area contributed by atoms with Crippen LogP contribution in [0.4, 0.5) is 0 Å². The maximum absolute atomic E-state index is 5.64. The van der Waals surface area contributed by atoms with Gasteiger partial charge in [-0.15, -0.1) is 0 Å². The van der Waals surface area contributed by atoms with Crippen molar-refractivity contribution in [2.24, 2.45) is 5.73 Å². The molecule has 0 aliphatic carbocycles. The number of nitrogens with zero attached hydrogens (tertiary/aromatic N) is 4. The Balaban J connectivity index is 2.36. The largest absolute Gasteiger partial charge is 0.324 e. The lowest BCUT2D eigenvalue weighted by Crippen LogP contribution is -2.09. The summed E-state index contributed by atoms with van der Waals surface area (Å²) in [6.07, 6.45) is 4.49. The Morgan fingerprint density at radius 2 is 2.06 bits per heavy atom. The second-order valence-corrected chi connectivity index (χ2v) is 3.51. The Labute approximate surface area is 94.3 Å². The third kappa shape index (κ3) is 2.09. The zero-order valence-corrected chi connectivity index (χ0v) is 9.30. The van der Waals surface area contributed by atoms with Crippen molar-refractivity contribution >= 4 is 0 Å². The average Bonchev–Trinajstić information content (AvgIpc) is 2.74. The second kappa shape index (κ2) is 4.85. The third-order valence-corrected chi connectivity index (χ3v) is 2.30. The maximum atomic E-state index is 5.64. The van der Waals surface area contributed by atoms with Crippen molar-refractivity contribution in [2.75, 3.05) is 0 Å². The molecular formula is C11H15N5. The molecule has 0 aliphatic heterocycles. The van der Waals surface area contributed by atoms with E-state index < -0.39 is 0 Å². The van der Waals surface area contributed by atoms with Crippen LogP contribution in [0.25, 0.3) is 11.4 Å². The van der Waals surface area contributed by atoms with Crippen LogP contribution in [0, 0.1) is 0 Å². The van der Waals surface area contributed by atoms with Crippen molar-refractivity contribution in [3.05, 3.63) is 30.4 Å². The first-order valence-electron chi connectivity index (χ1n) is 5.39. The first-order valence-corrected chi connectivity index (χ1v) is 5.39. The Morgan fingerprint density at radius 1 is 1.31 bits per heavy atom. The zero-order valence-electron chi connectivity index (χ0n) is 9.30. The minimum Gasteiger partial charge on any atom is -0.324 e. The van der Waals surface area contributed by atoms with Gasteiger partial charge in [0.2, 0.25) is 0 Å². The molecule has 0 bridgehead atoms. The molecule has 2 aromatic heterocycles. The van der Waals surface area contributed by atoms with Crippen molar-refractivity contribution in [2.45, 2.75) is 26.4 Å². The molecule has 84 valence electrons. The predicted molar refractivity (Wildman–Crippen MR) is 61.4 cm³/mol. The minimum atomic E-state index is 0.415. The van der Waals surface area contributed by atoms with Crippen molar-refractivity contribution in [3.63, 3.8) is 0 Å². The number of aromatic nitrogens is 4. The first kappa shape index (κ1) is 10.8. The summed E-state index contributed by atoms with van der Waals surface area (Å²) in [6.45, 7) is 3.37. The molecule has 2 N–H and O–H groups in total. The molecule has 0 amide bonds. The third-order valence-electron chi connectivity index (χ3n) is 2.30. The van der Waals surface area contributed by atoms with Gasteiger partial charge in [0.1, 0.15) is 5.82 Å². The molecule has 0 fully saturated rings. The lowest BCUT2D eigenvalue weighted by Gasteiger charge is -1.99. The molecular weight excluding hydrogens is 202 g/mol. The maximum Gasteiger partial charge on any atom is 0.181 e. The Bertz CT molecular complexity index is 449. The Kier molecular flexibility index (Phi) is 3.26. The van der Waals surface area contributed by atoms with Gasteiger partial charge in [0.15, 0.2) is 5.82 Å². The van der Waals surface area contributed by atoms with E-state index in [0.717, 1.165) is 30.2 Å². The van der Waals surface area contributed by atoms with E-state index in [-0.39, 0.29) is 0 Å². The monoisotopic (exact) mass is 217 g/mol. The number of hydrogen-bond donors (Lipinski definition) is 1. The highest BCUT2D eigenvalue weighted by molar-refractivity contribution is 5.53. The standard InChI is InChI=1S/C11H15N5/c1-2-7-16-10(8-12)14-11(15-16)9-3-5-13-6-4-9/h3-6H,2,7-8,12H2,1H3. The number of hydrogen-bond acceptors (Lipinski definition) is 4. The van der Waals surface area contributed by atoms with E-state index in [4.69, 9.17) is 5.73 Å². The van der Waals surface area contributed by atoms with Gasteiger partial charge in [-0.25, -0.2) is 9.67 Å². The smallest absolute Gasteiger partial charge is 0.181 e. The van der Waals surface area contributed by atoms with E-state index in [1.165, 1.54) is 0 Å². The topological polar surface area (TPSA) is 69.6 Å². The molecule has 0 radical (unpaired) electrons. The van der Waals surface area contributed by atoms with Crippen LogP contribution in [0.5, 0.6) is 0 Å². The Morgan fingerprint density at radius 3 is 2.69 bits per heavy atom.